The van der Waals surface area contributed by atoms with Crippen LogP contribution in [0.1, 0.15) is 38.3 Å². The highest BCUT2D eigenvalue weighted by Gasteiger charge is 2.35. The van der Waals surface area contributed by atoms with Crippen LogP contribution in [0.25, 0.3) is 0 Å². The molecule has 0 fully saturated rings. The van der Waals surface area contributed by atoms with Gasteiger partial charge in [0, 0.05) is 34.8 Å². The number of methoxy groups -OCH3 is 1. The fourth-order valence-corrected chi connectivity index (χ4v) is 5.91. The van der Waals surface area contributed by atoms with Crippen molar-refractivity contribution in [2.75, 3.05) is 18.0 Å². The Bertz CT molecular complexity index is 1650. The largest absolute Gasteiger partial charge is 0.495 e. The average molecular weight is 649 g/mol. The topological polar surface area (TPSA) is 139 Å². The molecule has 44 heavy (non-hydrogen) atoms. The predicted octanol–water partition coefficient (Wildman–Crippen LogP) is 5.23. The van der Waals surface area contributed by atoms with E-state index in [1.54, 1.807) is 13.0 Å². The van der Waals surface area contributed by atoms with E-state index in [9.17, 15) is 32.5 Å². The lowest BCUT2D eigenvalue weighted by Crippen LogP contribution is -2.52. The number of nitro benzene ring substituents is 1. The maximum absolute atomic E-state index is 14.7. The van der Waals surface area contributed by atoms with Crippen molar-refractivity contribution in [3.05, 3.63) is 92.7 Å². The van der Waals surface area contributed by atoms with E-state index in [4.69, 9.17) is 16.3 Å². The number of hydrogen-bond donors (Lipinski definition) is 1. The van der Waals surface area contributed by atoms with Gasteiger partial charge >= 0.3 is 0 Å². The maximum atomic E-state index is 14.7. The summed E-state index contributed by atoms with van der Waals surface area (Å²) < 4.78 is 49.1. The van der Waals surface area contributed by atoms with Gasteiger partial charge in [-0.25, -0.2) is 12.8 Å². The van der Waals surface area contributed by atoms with Crippen molar-refractivity contribution < 1.29 is 32.1 Å². The van der Waals surface area contributed by atoms with Crippen LogP contribution in [0.2, 0.25) is 5.02 Å². The van der Waals surface area contributed by atoms with Crippen molar-refractivity contribution in [1.82, 2.24) is 10.2 Å². The zero-order valence-electron chi connectivity index (χ0n) is 24.9. The minimum absolute atomic E-state index is 0.0376. The number of anilines is 1. The van der Waals surface area contributed by atoms with E-state index in [2.05, 4.69) is 5.32 Å². The highest BCUT2D eigenvalue weighted by molar-refractivity contribution is 7.92. The molecular weight excluding hydrogens is 615 g/mol. The summed E-state index contributed by atoms with van der Waals surface area (Å²) >= 11 is 6.22. The summed E-state index contributed by atoms with van der Waals surface area (Å²) in [6.45, 7) is 5.34. The molecule has 3 rings (SSSR count). The molecule has 0 aliphatic heterocycles. The van der Waals surface area contributed by atoms with Crippen LogP contribution in [0.15, 0.2) is 65.6 Å². The highest BCUT2D eigenvalue weighted by Crippen LogP contribution is 2.36. The monoisotopic (exact) mass is 648 g/mol. The maximum Gasteiger partial charge on any atom is 0.273 e. The Hall–Kier alpha value is -4.23. The second kappa shape index (κ2) is 14.5. The molecule has 0 bridgehead atoms. The summed E-state index contributed by atoms with van der Waals surface area (Å²) in [5.41, 5.74) is -0.229. The molecule has 1 N–H and O–H groups in total. The molecule has 3 aromatic carbocycles. The summed E-state index contributed by atoms with van der Waals surface area (Å²) in [5.74, 6) is -1.95. The number of carbonyl (C=O) groups is 2. The van der Waals surface area contributed by atoms with Gasteiger partial charge in [-0.2, -0.15) is 0 Å². The van der Waals surface area contributed by atoms with Gasteiger partial charge in [-0.3, -0.25) is 24.0 Å². The van der Waals surface area contributed by atoms with E-state index < -0.39 is 55.7 Å². The first-order chi connectivity index (χ1) is 20.7. The minimum Gasteiger partial charge on any atom is -0.495 e. The minimum atomic E-state index is -4.69. The van der Waals surface area contributed by atoms with Crippen LogP contribution in [0.4, 0.5) is 15.8 Å². The van der Waals surface area contributed by atoms with Gasteiger partial charge in [0.05, 0.1) is 22.6 Å². The van der Waals surface area contributed by atoms with E-state index in [1.807, 2.05) is 6.92 Å². The number of nitro groups is 1. The number of benzene rings is 3. The molecule has 0 radical (unpaired) electrons. The van der Waals surface area contributed by atoms with Gasteiger partial charge in [0.15, 0.2) is 0 Å². The van der Waals surface area contributed by atoms with Gasteiger partial charge in [0.25, 0.3) is 15.7 Å². The molecule has 0 saturated carbocycles. The SMILES string of the molecule is CC[C@H](C)NC(=O)[C@H](C)N(Cc1ccccc1F)C(=O)CN(c1cc(Cl)ccc1OC)S(=O)(=O)c1ccc(C)c([N+](=O)[O-])c1. The van der Waals surface area contributed by atoms with Gasteiger partial charge in [0.1, 0.15) is 24.2 Å². The Labute approximate surface area is 260 Å². The van der Waals surface area contributed by atoms with Crippen molar-refractivity contribution in [3.63, 3.8) is 0 Å². The Morgan fingerprint density at radius 3 is 2.41 bits per heavy atom. The quantitative estimate of drug-likeness (QED) is 0.198. The fourth-order valence-electron chi connectivity index (χ4n) is 4.30. The molecule has 2 amide bonds. The fraction of sp³-hybridized carbons (Fsp3) is 0.333. The van der Waals surface area contributed by atoms with Gasteiger partial charge in [0.2, 0.25) is 11.8 Å². The smallest absolute Gasteiger partial charge is 0.273 e. The van der Waals surface area contributed by atoms with Crippen molar-refractivity contribution in [2.24, 2.45) is 0 Å². The van der Waals surface area contributed by atoms with E-state index in [-0.39, 0.29) is 40.2 Å². The Kier molecular flexibility index (Phi) is 11.3. The summed E-state index contributed by atoms with van der Waals surface area (Å²) in [6, 6.07) is 11.9. The first kappa shape index (κ1) is 34.3. The molecule has 2 atom stereocenters. The second-order valence-corrected chi connectivity index (χ2v) is 12.4. The molecular formula is C30H34ClFN4O7S. The van der Waals surface area contributed by atoms with Gasteiger partial charge in [-0.1, -0.05) is 42.8 Å². The normalized spacial score (nSPS) is 12.6. The molecule has 14 heteroatoms. The number of carbonyl (C=O) groups excluding carboxylic acids is 2. The number of nitrogens with zero attached hydrogens (tertiary/aromatic N) is 3. The van der Waals surface area contributed by atoms with E-state index >= 15 is 0 Å². The molecule has 0 aliphatic carbocycles. The predicted molar refractivity (Wildman–Crippen MR) is 165 cm³/mol. The molecule has 236 valence electrons. The van der Waals surface area contributed by atoms with E-state index in [1.165, 1.54) is 69.5 Å². The van der Waals surface area contributed by atoms with Crippen LogP contribution in [-0.2, 0) is 26.2 Å². The van der Waals surface area contributed by atoms with Crippen LogP contribution in [0.3, 0.4) is 0 Å². The Morgan fingerprint density at radius 1 is 1.11 bits per heavy atom. The number of halogens is 2. The first-order valence-corrected chi connectivity index (χ1v) is 15.5. The van der Waals surface area contributed by atoms with Crippen molar-refractivity contribution in [1.29, 1.82) is 0 Å². The van der Waals surface area contributed by atoms with Crippen LogP contribution in [-0.4, -0.2) is 55.8 Å². The zero-order valence-corrected chi connectivity index (χ0v) is 26.5. The molecule has 0 aliphatic rings. The molecule has 11 nitrogen and oxygen atoms in total. The molecule has 0 saturated heterocycles. The Morgan fingerprint density at radius 2 is 1.80 bits per heavy atom. The second-order valence-electron chi connectivity index (χ2n) is 10.1. The standard InChI is InChI=1S/C30H34ClFN4O7S/c1-6-20(3)33-30(38)21(4)34(17-22-9-7-8-10-25(22)32)29(37)18-35(27-15-23(31)12-14-28(27)43-5)44(41,42)24-13-11-19(2)26(16-24)36(39)40/h7-16,20-21H,6,17-18H2,1-5H3,(H,33,38)/t20-,21-/m0/s1. The zero-order chi connectivity index (χ0) is 32.8. The van der Waals surface area contributed by atoms with Gasteiger partial charge < -0.3 is 15.0 Å². The summed E-state index contributed by atoms with van der Waals surface area (Å²) in [4.78, 5) is 38.7. The third-order valence-corrected chi connectivity index (χ3v) is 9.11. The third-order valence-electron chi connectivity index (χ3n) is 7.12. The average Bonchev–Trinajstić information content (AvgIpc) is 2.98. The van der Waals surface area contributed by atoms with Gasteiger partial charge in [-0.05, 0) is 57.5 Å². The summed E-state index contributed by atoms with van der Waals surface area (Å²) in [7, 11) is -3.39. The molecule has 0 heterocycles. The Balaban J connectivity index is 2.17. The third kappa shape index (κ3) is 7.83. The van der Waals surface area contributed by atoms with E-state index in [0.29, 0.717) is 10.7 Å². The summed E-state index contributed by atoms with van der Waals surface area (Å²) in [6.07, 6.45) is 0.614. The summed E-state index contributed by atoms with van der Waals surface area (Å²) in [5, 5.41) is 14.5. The lowest BCUT2D eigenvalue weighted by Gasteiger charge is -2.33. The molecule has 0 spiro atoms. The molecule has 3 aromatic rings. The van der Waals surface area contributed by atoms with Crippen molar-refractivity contribution in [3.8, 4) is 5.75 Å². The number of ether oxygens (including phenoxy) is 1. The van der Waals surface area contributed by atoms with Crippen molar-refractivity contribution in [2.45, 2.75) is 57.6 Å². The van der Waals surface area contributed by atoms with Crippen LogP contribution >= 0.6 is 11.6 Å². The molecule has 0 aromatic heterocycles. The number of hydrogen-bond acceptors (Lipinski definition) is 7. The first-order valence-electron chi connectivity index (χ1n) is 13.7. The number of rotatable bonds is 13. The van der Waals surface area contributed by atoms with Crippen LogP contribution in [0.5, 0.6) is 5.75 Å². The highest BCUT2D eigenvalue weighted by atomic mass is 35.5. The number of nitrogens with one attached hydrogen (secondary N) is 1. The lowest BCUT2D eigenvalue weighted by atomic mass is 10.1. The van der Waals surface area contributed by atoms with Crippen LogP contribution in [0, 0.1) is 22.9 Å². The number of sulfonamides is 1. The van der Waals surface area contributed by atoms with Crippen LogP contribution < -0.4 is 14.4 Å². The lowest BCUT2D eigenvalue weighted by molar-refractivity contribution is -0.385. The molecule has 0 unspecified atom stereocenters. The van der Waals surface area contributed by atoms with E-state index in [0.717, 1.165) is 11.0 Å². The van der Waals surface area contributed by atoms with Gasteiger partial charge in [-0.15, -0.1) is 0 Å². The number of aryl methyl sites for hydroxylation is 1. The number of amides is 2. The van der Waals surface area contributed by atoms with Crippen molar-refractivity contribution >= 4 is 44.8 Å².